The average molecular weight is 445 g/mol. The molecule has 1 saturated heterocycles. The van der Waals surface area contributed by atoms with Gasteiger partial charge in [-0.1, -0.05) is 11.6 Å². The highest BCUT2D eigenvalue weighted by Crippen LogP contribution is 2.42. The van der Waals surface area contributed by atoms with Crippen molar-refractivity contribution < 1.29 is 4.79 Å². The Morgan fingerprint density at radius 2 is 2.07 bits per heavy atom. The smallest absolute Gasteiger partial charge is 0.240 e. The molecule has 0 bridgehead atoms. The van der Waals surface area contributed by atoms with Crippen molar-refractivity contribution in [3.8, 4) is 0 Å². The van der Waals surface area contributed by atoms with Gasteiger partial charge in [-0.05, 0) is 61.9 Å². The largest absolute Gasteiger partial charge is 0.368 e. The lowest BCUT2D eigenvalue weighted by Gasteiger charge is -2.24. The summed E-state index contributed by atoms with van der Waals surface area (Å²) < 4.78 is 0. The van der Waals surface area contributed by atoms with Crippen LogP contribution >= 0.6 is 34.7 Å². The Balaban J connectivity index is 1.54. The number of thioether (sulfide) groups is 1. The summed E-state index contributed by atoms with van der Waals surface area (Å²) in [7, 11) is 0. The standard InChI is InChI=1S/C21H21ClN4OS2/c22-12-6-8-13(9-7-12)28-11-17-24-20(26-10-2-4-15(26)19(23)27)18-14-3-1-5-16(14)29-21(18)25-17/h6-9,15H,1-5,10-11H2,(H2,23,27). The van der Waals surface area contributed by atoms with Crippen molar-refractivity contribution in [3.63, 3.8) is 0 Å². The van der Waals surface area contributed by atoms with Gasteiger partial charge in [-0.25, -0.2) is 9.97 Å². The van der Waals surface area contributed by atoms with Crippen LogP contribution < -0.4 is 10.6 Å². The van der Waals surface area contributed by atoms with Crippen LogP contribution in [0.2, 0.25) is 5.02 Å². The fourth-order valence-electron chi connectivity index (χ4n) is 4.29. The molecule has 5 nitrogen and oxygen atoms in total. The first-order valence-electron chi connectivity index (χ1n) is 9.85. The van der Waals surface area contributed by atoms with E-state index >= 15 is 0 Å². The summed E-state index contributed by atoms with van der Waals surface area (Å²) in [6.07, 6.45) is 5.12. The number of aryl methyl sites for hydroxylation is 2. The van der Waals surface area contributed by atoms with Crippen LogP contribution in [0, 0.1) is 0 Å². The first-order chi connectivity index (χ1) is 14.1. The van der Waals surface area contributed by atoms with Crippen LogP contribution in [0.15, 0.2) is 29.2 Å². The molecule has 8 heteroatoms. The monoisotopic (exact) mass is 444 g/mol. The molecule has 150 valence electrons. The predicted octanol–water partition coefficient (Wildman–Crippen LogP) is 4.58. The molecule has 1 fully saturated rings. The van der Waals surface area contributed by atoms with Crippen molar-refractivity contribution in [1.29, 1.82) is 0 Å². The molecule has 1 amide bonds. The summed E-state index contributed by atoms with van der Waals surface area (Å²) in [4.78, 5) is 27.6. The van der Waals surface area contributed by atoms with Crippen molar-refractivity contribution in [3.05, 3.63) is 45.6 Å². The molecule has 0 saturated carbocycles. The quantitative estimate of drug-likeness (QED) is 0.583. The number of fused-ring (bicyclic) bond motifs is 3. The van der Waals surface area contributed by atoms with Gasteiger partial charge in [0.05, 0.1) is 11.1 Å². The van der Waals surface area contributed by atoms with Crippen molar-refractivity contribution in [1.82, 2.24) is 9.97 Å². The van der Waals surface area contributed by atoms with Crippen LogP contribution in [-0.2, 0) is 23.4 Å². The zero-order chi connectivity index (χ0) is 20.0. The van der Waals surface area contributed by atoms with Gasteiger partial charge in [-0.15, -0.1) is 23.1 Å². The van der Waals surface area contributed by atoms with Gasteiger partial charge in [0, 0.05) is 21.3 Å². The number of carbonyl (C=O) groups is 1. The molecule has 1 aliphatic heterocycles. The minimum Gasteiger partial charge on any atom is -0.368 e. The maximum absolute atomic E-state index is 12.0. The molecular formula is C21H21ClN4OS2. The lowest BCUT2D eigenvalue weighted by molar-refractivity contribution is -0.119. The summed E-state index contributed by atoms with van der Waals surface area (Å²) in [5.41, 5.74) is 7.09. The summed E-state index contributed by atoms with van der Waals surface area (Å²) in [5.74, 6) is 2.10. The predicted molar refractivity (Wildman–Crippen MR) is 120 cm³/mol. The molecule has 0 radical (unpaired) electrons. The van der Waals surface area contributed by atoms with Crippen LogP contribution in [0.1, 0.15) is 35.5 Å². The average Bonchev–Trinajstić information content (AvgIpc) is 3.42. The number of nitrogens with zero attached hydrogens (tertiary/aromatic N) is 3. The van der Waals surface area contributed by atoms with E-state index in [0.717, 1.165) is 64.0 Å². The van der Waals surface area contributed by atoms with Crippen molar-refractivity contribution >= 4 is 56.6 Å². The van der Waals surface area contributed by atoms with Gasteiger partial charge in [0.2, 0.25) is 5.91 Å². The molecule has 0 spiro atoms. The van der Waals surface area contributed by atoms with Gasteiger partial charge >= 0.3 is 0 Å². The Kier molecular flexibility index (Phi) is 5.14. The van der Waals surface area contributed by atoms with E-state index in [1.54, 1.807) is 23.1 Å². The molecule has 2 aliphatic rings. The highest BCUT2D eigenvalue weighted by atomic mass is 35.5. The lowest BCUT2D eigenvalue weighted by Crippen LogP contribution is -2.41. The first kappa shape index (κ1) is 19.2. The van der Waals surface area contributed by atoms with Gasteiger partial charge in [-0.3, -0.25) is 4.79 Å². The van der Waals surface area contributed by atoms with E-state index < -0.39 is 0 Å². The second kappa shape index (κ2) is 7.78. The third-order valence-electron chi connectivity index (χ3n) is 5.63. The third-order valence-corrected chi connectivity index (χ3v) is 8.07. The highest BCUT2D eigenvalue weighted by molar-refractivity contribution is 7.98. The van der Waals surface area contributed by atoms with Gasteiger partial charge in [0.1, 0.15) is 22.5 Å². The van der Waals surface area contributed by atoms with Gasteiger partial charge in [0.25, 0.3) is 0 Å². The summed E-state index contributed by atoms with van der Waals surface area (Å²) in [6, 6.07) is 7.53. The number of anilines is 1. The minimum absolute atomic E-state index is 0.266. The number of thiophene rings is 1. The number of amides is 1. The lowest BCUT2D eigenvalue weighted by atomic mass is 10.1. The van der Waals surface area contributed by atoms with E-state index in [0.29, 0.717) is 5.75 Å². The SMILES string of the molecule is NC(=O)C1CCCN1c1nc(CSc2ccc(Cl)cc2)nc2sc3c(c12)CCC3. The molecule has 1 atom stereocenters. The fourth-order valence-corrected chi connectivity index (χ4v) is 6.44. The molecule has 29 heavy (non-hydrogen) atoms. The van der Waals surface area contributed by atoms with Crippen LogP contribution in [0.4, 0.5) is 5.82 Å². The number of nitrogens with two attached hydrogens (primary N) is 1. The topological polar surface area (TPSA) is 72.1 Å². The molecular weight excluding hydrogens is 424 g/mol. The van der Waals surface area contributed by atoms with E-state index in [-0.39, 0.29) is 11.9 Å². The molecule has 1 aliphatic carbocycles. The Hall–Kier alpha value is -1.83. The molecule has 1 unspecified atom stereocenters. The molecule has 3 heterocycles. The summed E-state index contributed by atoms with van der Waals surface area (Å²) in [6.45, 7) is 0.814. The Labute approximate surface area is 182 Å². The zero-order valence-electron chi connectivity index (χ0n) is 15.9. The Bertz CT molecular complexity index is 1080. The van der Waals surface area contributed by atoms with Crippen LogP contribution in [0.25, 0.3) is 10.2 Å². The van der Waals surface area contributed by atoms with Crippen molar-refractivity contribution in [2.24, 2.45) is 5.73 Å². The number of halogens is 1. The number of hydrogen-bond donors (Lipinski definition) is 1. The normalized spacial score (nSPS) is 18.5. The summed E-state index contributed by atoms with van der Waals surface area (Å²) >= 11 is 9.46. The zero-order valence-corrected chi connectivity index (χ0v) is 18.2. The maximum atomic E-state index is 12.0. The van der Waals surface area contributed by atoms with Crippen LogP contribution in [-0.4, -0.2) is 28.5 Å². The summed E-state index contributed by atoms with van der Waals surface area (Å²) in [5, 5.41) is 1.88. The Morgan fingerprint density at radius 3 is 2.86 bits per heavy atom. The van der Waals surface area contributed by atoms with Crippen molar-refractivity contribution in [2.45, 2.75) is 48.8 Å². The van der Waals surface area contributed by atoms with E-state index in [1.807, 2.05) is 24.3 Å². The number of carbonyl (C=O) groups excluding carboxylic acids is 1. The highest BCUT2D eigenvalue weighted by Gasteiger charge is 2.33. The fraction of sp³-hybridized carbons (Fsp3) is 0.381. The number of benzene rings is 1. The third kappa shape index (κ3) is 3.60. The number of primary amides is 1. The van der Waals surface area contributed by atoms with Gasteiger partial charge in [-0.2, -0.15) is 0 Å². The molecule has 1 aromatic carbocycles. The second-order valence-corrected chi connectivity index (χ2v) is 10.1. The van der Waals surface area contributed by atoms with E-state index in [4.69, 9.17) is 27.3 Å². The molecule has 3 aromatic rings. The van der Waals surface area contributed by atoms with Crippen LogP contribution in [0.5, 0.6) is 0 Å². The maximum Gasteiger partial charge on any atom is 0.240 e. The molecule has 2 aromatic heterocycles. The van der Waals surface area contributed by atoms with E-state index in [1.165, 1.54) is 16.9 Å². The Morgan fingerprint density at radius 1 is 1.24 bits per heavy atom. The number of aromatic nitrogens is 2. The first-order valence-corrected chi connectivity index (χ1v) is 12.0. The second-order valence-electron chi connectivity index (χ2n) is 7.50. The van der Waals surface area contributed by atoms with E-state index in [9.17, 15) is 4.79 Å². The number of hydrogen-bond acceptors (Lipinski definition) is 6. The van der Waals surface area contributed by atoms with Gasteiger partial charge < -0.3 is 10.6 Å². The van der Waals surface area contributed by atoms with E-state index in [2.05, 4.69) is 4.90 Å². The van der Waals surface area contributed by atoms with Gasteiger partial charge in [0.15, 0.2) is 0 Å². The minimum atomic E-state index is -0.276. The van der Waals surface area contributed by atoms with Crippen molar-refractivity contribution in [2.75, 3.05) is 11.4 Å². The molecule has 5 rings (SSSR count). The number of rotatable bonds is 5. The molecule has 2 N–H and O–H groups in total. The van der Waals surface area contributed by atoms with Crippen LogP contribution in [0.3, 0.4) is 0 Å².